The first kappa shape index (κ1) is 106. The largest absolute Gasteiger partial charge is 0.540 e. The molecule has 36 heteroatoms. The van der Waals surface area contributed by atoms with Crippen molar-refractivity contribution in [1.29, 1.82) is 0 Å². The van der Waals surface area contributed by atoms with Crippen molar-refractivity contribution in [1.82, 2.24) is 44.6 Å². The number of aryl methyl sites for hydroxylation is 3. The Hall–Kier alpha value is -8.36. The second-order valence-electron chi connectivity index (χ2n) is 39.8. The molecule has 27 nitrogen and oxygen atoms in total. The number of aromatic nitrogens is 6. The zero-order chi connectivity index (χ0) is 93.3. The summed E-state index contributed by atoms with van der Waals surface area (Å²) in [6, 6.07) is 8.89. The van der Waals surface area contributed by atoms with Gasteiger partial charge >= 0.3 is 17.9 Å². The molecule has 132 heavy (non-hydrogen) atoms. The molecule has 0 N–H and O–H groups in total. The first-order valence-corrected chi connectivity index (χ1v) is 45.3. The summed E-state index contributed by atoms with van der Waals surface area (Å²) in [5.41, 5.74) is 0.649. The number of rotatable bonds is 6. The Morgan fingerprint density at radius 2 is 0.712 bits per heavy atom. The van der Waals surface area contributed by atoms with Gasteiger partial charge in [-0.3, -0.25) is 28.8 Å². The number of benzene rings is 3. The fourth-order valence-corrected chi connectivity index (χ4v) is 19.6. The van der Waals surface area contributed by atoms with Crippen molar-refractivity contribution < 1.29 is 168 Å². The Balaban J connectivity index is 0.000000203. The Morgan fingerprint density at radius 1 is 0.386 bits per heavy atom. The molecular formula is C96H120F6N9O18V3-3. The van der Waals surface area contributed by atoms with Crippen molar-refractivity contribution in [2.45, 2.75) is 308 Å². The van der Waals surface area contributed by atoms with Crippen LogP contribution in [0.15, 0.2) is 54.6 Å². The quantitative estimate of drug-likeness (QED) is 0.0647. The molecule has 9 aliphatic rings. The molecule has 6 fully saturated rings. The van der Waals surface area contributed by atoms with E-state index >= 15 is 26.3 Å². The molecule has 6 aromatic rings. The van der Waals surface area contributed by atoms with Gasteiger partial charge in [-0.15, -0.1) is 0 Å². The van der Waals surface area contributed by atoms with E-state index < -0.39 is 155 Å². The van der Waals surface area contributed by atoms with Gasteiger partial charge < -0.3 is 71.7 Å². The van der Waals surface area contributed by atoms with E-state index in [4.69, 9.17) is 52.6 Å². The van der Waals surface area contributed by atoms with Gasteiger partial charge in [0.1, 0.15) is 51.6 Å². The number of alkyl halides is 6. The minimum absolute atomic E-state index is 0. The normalized spacial score (nSPS) is 29.0. The summed E-state index contributed by atoms with van der Waals surface area (Å²) in [6.45, 7) is 18.0. The van der Waals surface area contributed by atoms with Gasteiger partial charge in [-0.2, -0.15) is 0 Å². The Bertz CT molecular complexity index is 5160. The van der Waals surface area contributed by atoms with E-state index in [2.05, 4.69) is 19.9 Å². The van der Waals surface area contributed by atoms with Crippen molar-refractivity contribution in [3.63, 3.8) is 0 Å². The van der Waals surface area contributed by atoms with Crippen LogP contribution >= 0.6 is 0 Å². The third-order valence-corrected chi connectivity index (χ3v) is 27.6. The summed E-state index contributed by atoms with van der Waals surface area (Å²) < 4.78 is 146. The van der Waals surface area contributed by atoms with E-state index in [0.717, 1.165) is 137 Å². The van der Waals surface area contributed by atoms with Gasteiger partial charge in [-0.05, 0) is 181 Å². The third-order valence-electron chi connectivity index (χ3n) is 27.6. The Labute approximate surface area is 802 Å². The topological polar surface area (TPSA) is 324 Å². The molecule has 0 unspecified atom stereocenters. The molecule has 15 atom stereocenters. The van der Waals surface area contributed by atoms with Gasteiger partial charge in [0, 0.05) is 97.9 Å². The maximum absolute atomic E-state index is 15.8. The number of amides is 3. The maximum Gasteiger partial charge on any atom is 0.307 e. The second kappa shape index (κ2) is 42.9. The average Bonchev–Trinajstić information content (AvgIpc) is 1.61. The number of fused-ring (bicyclic) bond motifs is 15. The first-order valence-electron chi connectivity index (χ1n) is 45.3. The van der Waals surface area contributed by atoms with Crippen LogP contribution in [0.2, 0.25) is 0 Å². The van der Waals surface area contributed by atoms with Crippen LogP contribution in [0, 0.1) is 51.8 Å². The smallest absolute Gasteiger partial charge is 0.307 e. The first-order chi connectivity index (χ1) is 60.9. The third kappa shape index (κ3) is 23.5. The van der Waals surface area contributed by atoms with Crippen LogP contribution in [0.4, 0.5) is 26.3 Å². The number of esters is 3. The molecule has 717 valence electrons. The Kier molecular flexibility index (Phi) is 34.4. The summed E-state index contributed by atoms with van der Waals surface area (Å²) >= 11 is 0. The van der Waals surface area contributed by atoms with E-state index in [0.29, 0.717) is 86.7 Å². The molecule has 3 saturated heterocycles. The van der Waals surface area contributed by atoms with Crippen LogP contribution in [-0.4, -0.2) is 212 Å². The monoisotopic (exact) mass is 1950 g/mol. The molecular weight excluding hydrogens is 1830 g/mol. The van der Waals surface area contributed by atoms with Gasteiger partial charge in [0.2, 0.25) is 35.4 Å². The van der Waals surface area contributed by atoms with Crippen LogP contribution in [0.5, 0.6) is 34.9 Å². The number of halogens is 6. The minimum atomic E-state index is -3.77. The van der Waals surface area contributed by atoms with Gasteiger partial charge in [0.25, 0.3) is 17.8 Å². The van der Waals surface area contributed by atoms with E-state index in [1.807, 2.05) is 13.8 Å². The average molecular weight is 1950 g/mol. The minimum Gasteiger partial charge on any atom is -0.540 e. The van der Waals surface area contributed by atoms with Crippen LogP contribution < -0.4 is 28.4 Å². The molecule has 0 spiro atoms. The fourth-order valence-electron chi connectivity index (χ4n) is 19.6. The van der Waals surface area contributed by atoms with E-state index in [1.165, 1.54) is 40.2 Å². The van der Waals surface area contributed by atoms with Crippen LogP contribution in [-0.2, 0) is 132 Å². The molecule has 3 aromatic heterocycles. The number of carbonyl (C=O) groups is 6. The molecule has 6 bridgehead atoms. The van der Waals surface area contributed by atoms with Crippen LogP contribution in [0.25, 0.3) is 33.1 Å². The van der Waals surface area contributed by atoms with Crippen LogP contribution in [0.3, 0.4) is 0 Å². The van der Waals surface area contributed by atoms with Crippen molar-refractivity contribution in [2.24, 2.45) is 51.8 Å². The molecule has 3 aliphatic carbocycles. The van der Waals surface area contributed by atoms with Crippen molar-refractivity contribution >= 4 is 87.6 Å². The molecule has 6 aliphatic heterocycles. The number of ether oxygens (including phenoxy) is 9. The van der Waals surface area contributed by atoms with E-state index in [9.17, 15) is 43.2 Å². The standard InChI is InChI=1S/C33H42F2N3O6.C32H40F2N3O6.C31H38F2N3O6.3V/c1-31(2,3)22-17-28(40)44-32(4)15-9-11-20(32)10-7-6-8-12-24-29(37-25-16-21(42-5)13-14-23(25)36-24)43-27-18-38(30(22)41)26(19-39)33(27,34)35;1-31(2,3)21-16-28(39)42-25-12-8-10-19(25)9-6-5-7-11-23-29(36-24-15-20(41-4)13-14-22(24)35-23)43-27-17-37(30(21)40)26(18-38)32(27,33)34;1-29(2,3)20-14-26(38)42-30(4)15-18(30)9-7-6-8-10-22-27(35-23-13-19(40-5)11-12-21(23)34-22)41-25-16-36(28(20)39)24(17-37)31(25,32)33;;;/h13-14,16,20,22,26-27H,6-12,15,17-18H2,1-5H3;13-15,19,21,25-27H,5-12,16-17H2,1-4H3;11-13,18,20,24-25H,6-10,14-16H2,1-5H3;;;/q3*-1;;;/t20-,22-,26-,27+,32-;19-,21-,25-,26-,27+;18-,20-,24-,25+,30-;;;/m111.../s1. The fraction of sp³-hybridized carbons (Fsp3) is 0.656. The zero-order valence-corrected chi connectivity index (χ0v) is 81.7. The van der Waals surface area contributed by atoms with E-state index in [1.54, 1.807) is 117 Å². The van der Waals surface area contributed by atoms with Crippen molar-refractivity contribution in [3.05, 3.63) is 71.7 Å². The SMILES string of the molecule is COc1ccc2nc3c(nc2c1)O[C@H]1CN(C(=O)[C@H](C(C)(C)C)CC(=O)O[C@@H]2CCC[C@H]2CCCCC3)[C@H]([C-]=O)C1(F)F.COc1ccc2nc3c(nc2c1)O[C@H]1CN(C(=O)[C@H](C(C)(C)C)CC(=O)O[C@]2(C)CCC[C@H]2CCCCC3)[C@H]([C-]=O)C1(F)F.COc1ccc2nc3c(nc2c1)O[C@H]1CN(C(=O)[C@H](C(C)(C)C)CC(=O)O[C@]2(C)C[C@H]2CCCCC3)[C@H]([C-]=O)C1(F)F.[V].[V].[V]. The molecule has 3 saturated carbocycles. The number of hydrogen-bond acceptors (Lipinski definition) is 24. The molecule has 3 radical (unpaired) electrons. The zero-order valence-electron chi connectivity index (χ0n) is 77.5. The molecule has 9 heterocycles. The number of carbonyl (C=O) groups excluding carboxylic acids is 9. The van der Waals surface area contributed by atoms with Crippen molar-refractivity contribution in [2.75, 3.05) is 41.0 Å². The summed E-state index contributed by atoms with van der Waals surface area (Å²) in [5.74, 6) is -16.1. The predicted molar refractivity (Wildman–Crippen MR) is 461 cm³/mol. The van der Waals surface area contributed by atoms with E-state index in [-0.39, 0.29) is 116 Å². The second-order valence-corrected chi connectivity index (χ2v) is 39.8. The van der Waals surface area contributed by atoms with Crippen LogP contribution in [0.1, 0.15) is 235 Å². The Morgan fingerprint density at radius 3 is 1.06 bits per heavy atom. The summed E-state index contributed by atoms with van der Waals surface area (Å²) in [7, 11) is 4.53. The van der Waals surface area contributed by atoms with Gasteiger partial charge in [-0.25, -0.2) is 75.1 Å². The predicted octanol–water partition coefficient (Wildman–Crippen LogP) is 15.7. The molecule has 15 rings (SSSR count). The maximum atomic E-state index is 15.8. The van der Waals surface area contributed by atoms with Gasteiger partial charge in [0.15, 0.2) is 18.3 Å². The number of nitrogens with zero attached hydrogens (tertiary/aromatic N) is 9. The number of methoxy groups -OCH3 is 3. The summed E-state index contributed by atoms with van der Waals surface area (Å²) in [6.07, 6.45) is 15.0. The summed E-state index contributed by atoms with van der Waals surface area (Å²) in [4.78, 5) is 147. The number of hydrogen-bond donors (Lipinski definition) is 0. The van der Waals surface area contributed by atoms with Gasteiger partial charge in [0.05, 0.1) is 111 Å². The molecule has 3 aromatic carbocycles. The van der Waals surface area contributed by atoms with Crippen molar-refractivity contribution in [3.8, 4) is 34.9 Å². The molecule has 3 amide bonds. The summed E-state index contributed by atoms with van der Waals surface area (Å²) in [5, 5.41) is 0. The van der Waals surface area contributed by atoms with Gasteiger partial charge in [-0.1, -0.05) is 101 Å².